The van der Waals surface area contributed by atoms with Crippen molar-refractivity contribution in [2.24, 2.45) is 5.73 Å². The summed E-state index contributed by atoms with van der Waals surface area (Å²) in [6.45, 7) is 1.41. The Labute approximate surface area is 98.3 Å². The molecule has 1 aromatic rings. The van der Waals surface area contributed by atoms with Crippen molar-refractivity contribution in [3.8, 4) is 5.75 Å². The van der Waals surface area contributed by atoms with Crippen LogP contribution in [-0.4, -0.2) is 32.0 Å². The first kappa shape index (κ1) is 11.3. The highest BCUT2D eigenvalue weighted by Gasteiger charge is 2.16. The molecule has 2 rings (SSSR count). The Hall–Kier alpha value is -2.24. The molecular weight excluding hydrogens is 222 g/mol. The fourth-order valence-electron chi connectivity index (χ4n) is 1.63. The lowest BCUT2D eigenvalue weighted by Gasteiger charge is -2.27. The van der Waals surface area contributed by atoms with E-state index in [2.05, 4.69) is 10.2 Å². The molecule has 0 saturated heterocycles. The maximum absolute atomic E-state index is 11.1. The van der Waals surface area contributed by atoms with Crippen LogP contribution in [0, 0.1) is 0 Å². The number of hydrogen-bond acceptors (Lipinski definition) is 4. The summed E-state index contributed by atoms with van der Waals surface area (Å²) < 4.78 is 5.47. The van der Waals surface area contributed by atoms with Crippen molar-refractivity contribution < 1.29 is 14.3 Å². The van der Waals surface area contributed by atoms with Gasteiger partial charge in [-0.15, -0.1) is 0 Å². The van der Waals surface area contributed by atoms with Gasteiger partial charge in [0.25, 0.3) is 0 Å². The summed E-state index contributed by atoms with van der Waals surface area (Å²) in [7, 11) is 1.96. The molecule has 90 valence electrons. The van der Waals surface area contributed by atoms with Crippen LogP contribution in [0.4, 0.5) is 11.4 Å². The van der Waals surface area contributed by atoms with E-state index in [0.29, 0.717) is 18.0 Å². The molecule has 0 unspecified atom stereocenters. The third-order valence-corrected chi connectivity index (χ3v) is 2.54. The lowest BCUT2D eigenvalue weighted by Crippen LogP contribution is -2.30. The number of rotatable bonds is 1. The molecular formula is C11H13N3O3. The predicted octanol–water partition coefficient (Wildman–Crippen LogP) is -0.0610. The Morgan fingerprint density at radius 2 is 2.24 bits per heavy atom. The molecule has 2 amide bonds. The van der Waals surface area contributed by atoms with Crippen molar-refractivity contribution >= 4 is 23.2 Å². The highest BCUT2D eigenvalue weighted by molar-refractivity contribution is 6.39. The van der Waals surface area contributed by atoms with E-state index in [4.69, 9.17) is 10.5 Å². The van der Waals surface area contributed by atoms with Gasteiger partial charge in [-0.05, 0) is 12.1 Å². The fourth-order valence-corrected chi connectivity index (χ4v) is 1.63. The Morgan fingerprint density at radius 1 is 1.47 bits per heavy atom. The molecule has 6 heteroatoms. The summed E-state index contributed by atoms with van der Waals surface area (Å²) in [6.07, 6.45) is 0. The zero-order chi connectivity index (χ0) is 12.4. The van der Waals surface area contributed by atoms with E-state index in [1.165, 1.54) is 0 Å². The van der Waals surface area contributed by atoms with Crippen LogP contribution in [0.15, 0.2) is 18.2 Å². The molecule has 0 spiro atoms. The number of nitrogens with two attached hydrogens (primary N) is 1. The van der Waals surface area contributed by atoms with Crippen molar-refractivity contribution in [1.29, 1.82) is 0 Å². The highest BCUT2D eigenvalue weighted by Crippen LogP contribution is 2.32. The lowest BCUT2D eigenvalue weighted by molar-refractivity contribution is -0.134. The van der Waals surface area contributed by atoms with Gasteiger partial charge in [-0.25, -0.2) is 0 Å². The van der Waals surface area contributed by atoms with Gasteiger partial charge < -0.3 is 20.7 Å². The number of hydrogen-bond donors (Lipinski definition) is 2. The molecule has 0 atom stereocenters. The molecule has 17 heavy (non-hydrogen) atoms. The van der Waals surface area contributed by atoms with Gasteiger partial charge in [0.05, 0.1) is 12.2 Å². The first-order valence-electron chi connectivity index (χ1n) is 5.16. The number of benzene rings is 1. The number of anilines is 2. The van der Waals surface area contributed by atoms with Gasteiger partial charge in [-0.2, -0.15) is 0 Å². The van der Waals surface area contributed by atoms with Crippen LogP contribution in [0.3, 0.4) is 0 Å². The van der Waals surface area contributed by atoms with Crippen LogP contribution in [0.25, 0.3) is 0 Å². The van der Waals surface area contributed by atoms with Crippen LogP contribution in [0.2, 0.25) is 0 Å². The van der Waals surface area contributed by atoms with Crippen LogP contribution in [0.5, 0.6) is 5.75 Å². The normalized spacial score (nSPS) is 13.6. The molecule has 6 nitrogen and oxygen atoms in total. The van der Waals surface area contributed by atoms with Crippen LogP contribution in [0.1, 0.15) is 0 Å². The Morgan fingerprint density at radius 3 is 2.94 bits per heavy atom. The minimum absolute atomic E-state index is 0.489. The van der Waals surface area contributed by atoms with Gasteiger partial charge >= 0.3 is 11.8 Å². The zero-order valence-corrected chi connectivity index (χ0v) is 9.40. The van der Waals surface area contributed by atoms with Gasteiger partial charge in [0.2, 0.25) is 0 Å². The molecule has 0 fully saturated rings. The van der Waals surface area contributed by atoms with E-state index in [1.54, 1.807) is 12.1 Å². The molecule has 0 bridgehead atoms. The number of amides is 2. The summed E-state index contributed by atoms with van der Waals surface area (Å²) in [4.78, 5) is 23.8. The number of likely N-dealkylation sites (N-methyl/N-ethyl adjacent to an activating group) is 1. The summed E-state index contributed by atoms with van der Waals surface area (Å²) in [5.74, 6) is -1.17. The summed E-state index contributed by atoms with van der Waals surface area (Å²) in [5, 5.41) is 2.39. The summed E-state index contributed by atoms with van der Waals surface area (Å²) in [5.41, 5.74) is 6.29. The maximum atomic E-state index is 11.1. The number of carbonyl (C=O) groups is 2. The van der Waals surface area contributed by atoms with Crippen LogP contribution < -0.4 is 20.7 Å². The zero-order valence-electron chi connectivity index (χ0n) is 9.40. The second kappa shape index (κ2) is 4.32. The average Bonchev–Trinajstić information content (AvgIpc) is 2.29. The van der Waals surface area contributed by atoms with Crippen molar-refractivity contribution in [2.75, 3.05) is 30.4 Å². The van der Waals surface area contributed by atoms with Crippen molar-refractivity contribution in [3.63, 3.8) is 0 Å². The number of nitrogens with one attached hydrogen (secondary N) is 1. The third kappa shape index (κ3) is 2.30. The Kier molecular flexibility index (Phi) is 2.86. The van der Waals surface area contributed by atoms with Crippen LogP contribution in [-0.2, 0) is 9.59 Å². The number of nitrogens with zero attached hydrogens (tertiary/aromatic N) is 1. The number of fused-ring (bicyclic) bond motifs is 1. The molecule has 3 N–H and O–H groups in total. The van der Waals surface area contributed by atoms with E-state index in [9.17, 15) is 9.59 Å². The molecule has 0 aliphatic carbocycles. The van der Waals surface area contributed by atoms with Gasteiger partial charge in [0, 0.05) is 18.8 Å². The average molecular weight is 235 g/mol. The first-order valence-corrected chi connectivity index (χ1v) is 5.16. The van der Waals surface area contributed by atoms with Gasteiger partial charge in [0.1, 0.15) is 12.4 Å². The van der Waals surface area contributed by atoms with Gasteiger partial charge in [-0.1, -0.05) is 0 Å². The summed E-state index contributed by atoms with van der Waals surface area (Å²) in [6, 6.07) is 5.20. The molecule has 1 heterocycles. The predicted molar refractivity (Wildman–Crippen MR) is 63.0 cm³/mol. The topological polar surface area (TPSA) is 84.7 Å². The van der Waals surface area contributed by atoms with Crippen molar-refractivity contribution in [1.82, 2.24) is 0 Å². The van der Waals surface area contributed by atoms with E-state index >= 15 is 0 Å². The molecule has 1 aliphatic rings. The standard InChI is InChI=1S/C11H13N3O3/c1-14-4-5-17-9-6-7(2-3-8(9)14)13-11(16)10(12)15/h2-3,6H,4-5H2,1H3,(H2,12,15)(H,13,16). The van der Waals surface area contributed by atoms with Gasteiger partial charge in [-0.3, -0.25) is 9.59 Å². The first-order chi connectivity index (χ1) is 8.08. The maximum Gasteiger partial charge on any atom is 0.313 e. The molecule has 1 aromatic carbocycles. The Bertz CT molecular complexity index is 473. The molecule has 0 aromatic heterocycles. The monoisotopic (exact) mass is 235 g/mol. The second-order valence-corrected chi connectivity index (χ2v) is 3.77. The smallest absolute Gasteiger partial charge is 0.313 e. The van der Waals surface area contributed by atoms with E-state index in [0.717, 1.165) is 12.2 Å². The minimum atomic E-state index is -1.01. The number of carbonyl (C=O) groups excluding carboxylic acids is 2. The number of primary amides is 1. The highest BCUT2D eigenvalue weighted by atomic mass is 16.5. The molecule has 1 aliphatic heterocycles. The minimum Gasteiger partial charge on any atom is -0.489 e. The summed E-state index contributed by atoms with van der Waals surface area (Å²) >= 11 is 0. The van der Waals surface area contributed by atoms with Crippen molar-refractivity contribution in [2.45, 2.75) is 0 Å². The molecule has 0 saturated carbocycles. The fraction of sp³-hybridized carbons (Fsp3) is 0.273. The quantitative estimate of drug-likeness (QED) is 0.668. The Balaban J connectivity index is 2.22. The second-order valence-electron chi connectivity index (χ2n) is 3.77. The van der Waals surface area contributed by atoms with Gasteiger partial charge in [0.15, 0.2) is 0 Å². The van der Waals surface area contributed by atoms with E-state index in [-0.39, 0.29) is 0 Å². The van der Waals surface area contributed by atoms with Crippen molar-refractivity contribution in [3.05, 3.63) is 18.2 Å². The SMILES string of the molecule is CN1CCOc2cc(NC(=O)C(N)=O)ccc21. The largest absolute Gasteiger partial charge is 0.489 e. The lowest BCUT2D eigenvalue weighted by atomic mass is 10.2. The van der Waals surface area contributed by atoms with Crippen LogP contribution >= 0.6 is 0 Å². The van der Waals surface area contributed by atoms with E-state index < -0.39 is 11.8 Å². The molecule has 0 radical (unpaired) electrons. The third-order valence-electron chi connectivity index (χ3n) is 2.54. The number of ether oxygens (including phenoxy) is 1. The van der Waals surface area contributed by atoms with E-state index in [1.807, 2.05) is 13.1 Å².